The zero-order valence-electron chi connectivity index (χ0n) is 36.1. The summed E-state index contributed by atoms with van der Waals surface area (Å²) in [6.45, 7) is 14.8. The molecule has 0 aliphatic carbocycles. The summed E-state index contributed by atoms with van der Waals surface area (Å²) >= 11 is 6.62. The standard InChI is InChI=1S/C43H56ClF3N8O7/c1-25(2)36(51-40(58)60-7)38(56)55-24-26(3)20-34(55)37-48-23-33(49-37)28-10-8-27(9-11-28)30-21-31(44)32(22-35(30)61-43(45,46)47)50-39(57)53-18-16-52(17-19-53)29-12-14-54(15-13-29)41(59)62-42(4,5)6/h8-11,21-23,25-26,29,34,36H,12-20,24H2,1-7H3,(H,48,49)(H,50,57)(H,51,58)/t26-,34-,36-/m0/s1. The number of aromatic amines is 1. The smallest absolute Gasteiger partial charge is 0.453 e. The Morgan fingerprint density at radius 1 is 0.935 bits per heavy atom. The number of nitrogens with zero attached hydrogens (tertiary/aromatic N) is 5. The highest BCUT2D eigenvalue weighted by Gasteiger charge is 2.40. The molecule has 0 saturated carbocycles. The van der Waals surface area contributed by atoms with Crippen LogP contribution in [0.1, 0.15) is 72.7 Å². The predicted molar refractivity (Wildman–Crippen MR) is 227 cm³/mol. The lowest BCUT2D eigenvalue weighted by atomic mass is 10.0. The Bertz CT molecular complexity index is 2080. The van der Waals surface area contributed by atoms with Crippen molar-refractivity contribution in [2.45, 2.75) is 90.9 Å². The fraction of sp³-hybridized carbons (Fsp3) is 0.558. The van der Waals surface area contributed by atoms with Crippen molar-refractivity contribution in [1.29, 1.82) is 0 Å². The van der Waals surface area contributed by atoms with E-state index in [1.165, 1.54) is 13.2 Å². The fourth-order valence-electron chi connectivity index (χ4n) is 8.21. The summed E-state index contributed by atoms with van der Waals surface area (Å²) in [4.78, 5) is 66.9. The van der Waals surface area contributed by atoms with Crippen LogP contribution in [0.5, 0.6) is 5.75 Å². The molecule has 6 rings (SSSR count). The lowest BCUT2D eigenvalue weighted by molar-refractivity contribution is -0.274. The molecular weight excluding hydrogens is 833 g/mol. The number of carbonyl (C=O) groups is 4. The topological polar surface area (TPSA) is 162 Å². The molecule has 3 aliphatic heterocycles. The number of alkyl carbamates (subject to hydrolysis) is 1. The van der Waals surface area contributed by atoms with E-state index in [1.807, 2.05) is 41.5 Å². The Hall–Kier alpha value is -5.23. The third kappa shape index (κ3) is 11.4. The van der Waals surface area contributed by atoms with Gasteiger partial charge in [-0.05, 0) is 63.5 Å². The predicted octanol–water partition coefficient (Wildman–Crippen LogP) is 8.13. The van der Waals surface area contributed by atoms with E-state index in [9.17, 15) is 32.3 Å². The Morgan fingerprint density at radius 3 is 2.18 bits per heavy atom. The molecule has 3 aromatic rings. The van der Waals surface area contributed by atoms with Crippen LogP contribution in [0.15, 0.2) is 42.6 Å². The van der Waals surface area contributed by atoms with Gasteiger partial charge >= 0.3 is 24.6 Å². The number of anilines is 1. The lowest BCUT2D eigenvalue weighted by Gasteiger charge is -2.42. The second kappa shape index (κ2) is 19.0. The third-order valence-corrected chi connectivity index (χ3v) is 11.7. The van der Waals surface area contributed by atoms with Crippen molar-refractivity contribution in [3.8, 4) is 28.1 Å². The number of carbonyl (C=O) groups excluding carboxylic acids is 4. The van der Waals surface area contributed by atoms with Gasteiger partial charge in [0.05, 0.1) is 29.6 Å². The molecule has 3 N–H and O–H groups in total. The number of piperazine rings is 1. The number of methoxy groups -OCH3 is 1. The van der Waals surface area contributed by atoms with Crippen molar-refractivity contribution < 1.29 is 46.6 Å². The van der Waals surface area contributed by atoms with Crippen molar-refractivity contribution >= 4 is 41.4 Å². The molecule has 15 nitrogen and oxygen atoms in total. The Kier molecular flexibility index (Phi) is 14.2. The second-order valence-corrected chi connectivity index (χ2v) is 17.9. The molecule has 2 aromatic carbocycles. The van der Waals surface area contributed by atoms with Crippen LogP contribution >= 0.6 is 11.6 Å². The zero-order chi connectivity index (χ0) is 45.1. The molecule has 338 valence electrons. The summed E-state index contributed by atoms with van der Waals surface area (Å²) in [7, 11) is 1.24. The molecule has 0 bridgehead atoms. The van der Waals surface area contributed by atoms with Gasteiger partial charge < -0.3 is 44.5 Å². The molecule has 1 aromatic heterocycles. The number of piperidine rings is 1. The number of hydrogen-bond donors (Lipinski definition) is 3. The van der Waals surface area contributed by atoms with E-state index in [4.69, 9.17) is 26.1 Å². The maximum absolute atomic E-state index is 13.8. The van der Waals surface area contributed by atoms with Gasteiger partial charge in [0, 0.05) is 75.2 Å². The maximum atomic E-state index is 13.8. The van der Waals surface area contributed by atoms with Gasteiger partial charge in [0.2, 0.25) is 5.91 Å². The third-order valence-electron chi connectivity index (χ3n) is 11.4. The number of ether oxygens (including phenoxy) is 3. The summed E-state index contributed by atoms with van der Waals surface area (Å²) in [6.07, 6.45) is -2.14. The van der Waals surface area contributed by atoms with E-state index in [2.05, 4.69) is 25.3 Å². The lowest BCUT2D eigenvalue weighted by Crippen LogP contribution is -2.55. The number of amides is 5. The molecule has 5 amide bonds. The summed E-state index contributed by atoms with van der Waals surface area (Å²) in [5, 5.41) is 5.34. The zero-order valence-corrected chi connectivity index (χ0v) is 36.9. The number of aromatic nitrogens is 2. The molecule has 0 unspecified atom stereocenters. The van der Waals surface area contributed by atoms with E-state index < -0.39 is 35.9 Å². The van der Waals surface area contributed by atoms with E-state index in [0.29, 0.717) is 74.9 Å². The number of nitrogens with one attached hydrogen (secondary N) is 3. The van der Waals surface area contributed by atoms with Crippen LogP contribution in [0, 0.1) is 11.8 Å². The molecular formula is C43H56ClF3N8O7. The van der Waals surface area contributed by atoms with Gasteiger partial charge in [-0.15, -0.1) is 13.2 Å². The number of hydrogen-bond acceptors (Lipinski definition) is 9. The number of urea groups is 1. The van der Waals surface area contributed by atoms with Crippen LogP contribution in [-0.2, 0) is 14.3 Å². The van der Waals surface area contributed by atoms with Gasteiger partial charge in [0.15, 0.2) is 0 Å². The highest BCUT2D eigenvalue weighted by molar-refractivity contribution is 6.34. The number of imidazole rings is 1. The molecule has 3 aliphatic rings. The molecule has 3 fully saturated rings. The van der Waals surface area contributed by atoms with Crippen LogP contribution in [-0.4, -0.2) is 131 Å². The first-order valence-electron chi connectivity index (χ1n) is 20.9. The van der Waals surface area contributed by atoms with E-state index >= 15 is 0 Å². The van der Waals surface area contributed by atoms with E-state index in [0.717, 1.165) is 18.9 Å². The van der Waals surface area contributed by atoms with Crippen LogP contribution in [0.2, 0.25) is 5.02 Å². The average molecular weight is 889 g/mol. The number of likely N-dealkylation sites (tertiary alicyclic amines) is 2. The van der Waals surface area contributed by atoms with Gasteiger partial charge in [0.1, 0.15) is 23.2 Å². The first-order valence-corrected chi connectivity index (χ1v) is 21.3. The second-order valence-electron chi connectivity index (χ2n) is 17.5. The number of alkyl halides is 3. The Balaban J connectivity index is 1.11. The Morgan fingerprint density at radius 2 is 1.58 bits per heavy atom. The van der Waals surface area contributed by atoms with Crippen molar-refractivity contribution in [2.24, 2.45) is 11.8 Å². The van der Waals surface area contributed by atoms with Crippen molar-refractivity contribution in [2.75, 3.05) is 58.2 Å². The van der Waals surface area contributed by atoms with Crippen LogP contribution < -0.4 is 15.4 Å². The van der Waals surface area contributed by atoms with Crippen LogP contribution in [0.4, 0.5) is 33.2 Å². The fourth-order valence-corrected chi connectivity index (χ4v) is 8.42. The molecule has 19 heteroatoms. The van der Waals surface area contributed by atoms with Gasteiger partial charge in [0.25, 0.3) is 0 Å². The molecule has 4 heterocycles. The summed E-state index contributed by atoms with van der Waals surface area (Å²) in [5.74, 6) is -0.249. The van der Waals surface area contributed by atoms with E-state index in [-0.39, 0.29) is 52.2 Å². The average Bonchev–Trinajstić information content (AvgIpc) is 3.87. The van der Waals surface area contributed by atoms with E-state index in [1.54, 1.807) is 45.2 Å². The highest BCUT2D eigenvalue weighted by atomic mass is 35.5. The minimum atomic E-state index is -5.04. The van der Waals surface area contributed by atoms with Gasteiger partial charge in [-0.3, -0.25) is 9.69 Å². The van der Waals surface area contributed by atoms with Crippen LogP contribution in [0.25, 0.3) is 22.4 Å². The largest absolute Gasteiger partial charge is 0.573 e. The van der Waals surface area contributed by atoms with Crippen LogP contribution in [0.3, 0.4) is 0 Å². The normalized spacial score (nSPS) is 19.6. The first-order chi connectivity index (χ1) is 29.2. The molecule has 62 heavy (non-hydrogen) atoms. The minimum Gasteiger partial charge on any atom is -0.453 e. The molecule has 3 atom stereocenters. The van der Waals surface area contributed by atoms with Crippen molar-refractivity contribution in [1.82, 2.24) is 34.9 Å². The van der Waals surface area contributed by atoms with Crippen molar-refractivity contribution in [3.63, 3.8) is 0 Å². The molecule has 0 radical (unpaired) electrons. The summed E-state index contributed by atoms with van der Waals surface area (Å²) in [6, 6.07) is 7.63. The number of benzene rings is 2. The maximum Gasteiger partial charge on any atom is 0.573 e. The molecule has 3 saturated heterocycles. The van der Waals surface area contributed by atoms with Gasteiger partial charge in [-0.1, -0.05) is 56.6 Å². The summed E-state index contributed by atoms with van der Waals surface area (Å²) < 4.78 is 56.0. The van der Waals surface area contributed by atoms with Crippen molar-refractivity contribution in [3.05, 3.63) is 53.4 Å². The van der Waals surface area contributed by atoms with Gasteiger partial charge in [-0.2, -0.15) is 0 Å². The Labute approximate surface area is 364 Å². The number of rotatable bonds is 9. The quantitative estimate of drug-likeness (QED) is 0.193. The monoisotopic (exact) mass is 888 g/mol. The summed E-state index contributed by atoms with van der Waals surface area (Å²) in [5.41, 5.74) is 1.04. The highest BCUT2D eigenvalue weighted by Crippen LogP contribution is 2.41. The first kappa shape index (κ1) is 46.3. The number of H-pyrrole nitrogens is 1. The SMILES string of the molecule is COC(=O)N[C@H](C(=O)N1C[C@@H](C)C[C@H]1c1nc(-c2ccc(-c3cc(Cl)c(NC(=O)N4CCN(C5CCN(C(=O)OC(C)(C)C)CC5)CC4)cc3OC(F)(F)F)cc2)c[nH]1)C(C)C. The minimum absolute atomic E-state index is 0.0191. The molecule has 0 spiro atoms. The van der Waals surface area contributed by atoms with Gasteiger partial charge in [-0.25, -0.2) is 19.4 Å². The number of halogens is 4.